The summed E-state index contributed by atoms with van der Waals surface area (Å²) in [6.45, 7) is 18.5. The molecule has 0 aliphatic carbocycles. The Labute approximate surface area is 308 Å². The lowest BCUT2D eigenvalue weighted by molar-refractivity contribution is 0.153. The summed E-state index contributed by atoms with van der Waals surface area (Å²) >= 11 is 0. The van der Waals surface area contributed by atoms with Crippen LogP contribution in [0.3, 0.4) is 0 Å². The van der Waals surface area contributed by atoms with E-state index in [1.54, 1.807) is 66.7 Å². The molecule has 0 unspecified atom stereocenters. The van der Waals surface area contributed by atoms with E-state index in [4.69, 9.17) is 18.9 Å². The molecule has 6 aromatic rings. The molecule has 0 fully saturated rings. The molecule has 0 saturated carbocycles. The number of rotatable bonds is 11. The maximum atomic E-state index is 12.2. The van der Waals surface area contributed by atoms with Gasteiger partial charge in [-0.3, -0.25) is 14.7 Å². The van der Waals surface area contributed by atoms with Crippen molar-refractivity contribution < 1.29 is 33.3 Å². The largest absolute Gasteiger partial charge is 0.472 e. The van der Waals surface area contributed by atoms with E-state index in [1.807, 2.05) is 18.2 Å². The van der Waals surface area contributed by atoms with Crippen LogP contribution in [0.5, 0.6) is 5.88 Å². The van der Waals surface area contributed by atoms with Gasteiger partial charge in [0, 0.05) is 0 Å². The summed E-state index contributed by atoms with van der Waals surface area (Å²) < 4.78 is 25.0. The van der Waals surface area contributed by atoms with E-state index in [0.29, 0.717) is 39.8 Å². The van der Waals surface area contributed by atoms with E-state index < -0.39 is 18.3 Å². The summed E-state index contributed by atoms with van der Waals surface area (Å²) in [5, 5.41) is 8.21. The smallest absolute Gasteiger partial charge is 0.435 e. The fourth-order valence-corrected chi connectivity index (χ4v) is 4.91. The molecule has 54 heavy (non-hydrogen) atoms. The maximum Gasteiger partial charge on any atom is 0.435 e. The molecule has 15 nitrogen and oxygen atoms in total. The minimum Gasteiger partial charge on any atom is -0.472 e. The van der Waals surface area contributed by atoms with E-state index in [1.165, 1.54) is 32.3 Å². The monoisotopic (exact) mass is 734 g/mol. The molecule has 0 saturated heterocycles. The van der Waals surface area contributed by atoms with Gasteiger partial charge in [-0.2, -0.15) is 14.0 Å². The predicted molar refractivity (Wildman–Crippen MR) is 205 cm³/mol. The van der Waals surface area contributed by atoms with E-state index in [-0.39, 0.29) is 37.5 Å². The molecule has 3 aromatic heterocycles. The molecule has 0 spiro atoms. The molecule has 0 bridgehead atoms. The molecular weight excluding hydrogens is 696 g/mol. The van der Waals surface area contributed by atoms with Crippen LogP contribution in [0.15, 0.2) is 146 Å². The lowest BCUT2D eigenvalue weighted by atomic mass is 10.2. The molecule has 6 rings (SSSR count). The third-order valence-corrected chi connectivity index (χ3v) is 7.14. The lowest BCUT2D eigenvalue weighted by Crippen LogP contribution is -2.28. The first-order valence-corrected chi connectivity index (χ1v) is 16.3. The minimum atomic E-state index is -0.627. The summed E-state index contributed by atoms with van der Waals surface area (Å²) in [7, 11) is 0. The zero-order valence-electron chi connectivity index (χ0n) is 29.3. The van der Waals surface area contributed by atoms with E-state index in [9.17, 15) is 24.0 Å². The van der Waals surface area contributed by atoms with Crippen molar-refractivity contribution in [2.45, 2.75) is 6.54 Å². The van der Waals surface area contributed by atoms with Crippen molar-refractivity contribution in [3.63, 3.8) is 0 Å². The summed E-state index contributed by atoms with van der Waals surface area (Å²) in [4.78, 5) is 59.1. The molecule has 3 aromatic carbocycles. The van der Waals surface area contributed by atoms with Gasteiger partial charge in [0.25, 0.3) is 11.1 Å². The molecule has 15 heteroatoms. The van der Waals surface area contributed by atoms with Gasteiger partial charge in [0.05, 0.1) is 39.3 Å². The number of fused-ring (bicyclic) bond motifs is 3. The number of carbonyl (C=O) groups excluding carboxylic acids is 3. The quantitative estimate of drug-likeness (QED) is 0.116. The van der Waals surface area contributed by atoms with E-state index in [2.05, 4.69) is 43.1 Å². The first-order chi connectivity index (χ1) is 26.2. The van der Waals surface area contributed by atoms with Gasteiger partial charge >= 0.3 is 18.3 Å². The number of ether oxygens (including phenoxy) is 4. The zero-order valence-corrected chi connectivity index (χ0v) is 29.3. The Hall–Kier alpha value is -7.42. The summed E-state index contributed by atoms with van der Waals surface area (Å²) in [5.74, 6) is 0.381. The van der Waals surface area contributed by atoms with Crippen molar-refractivity contribution in [3.05, 3.63) is 157 Å². The number of carbonyl (C=O) groups is 3. The second-order valence-electron chi connectivity index (χ2n) is 10.7. The number of nitrogens with one attached hydrogen (secondary N) is 1. The minimum absolute atomic E-state index is 0.0909. The second kappa shape index (κ2) is 19.3. The van der Waals surface area contributed by atoms with Crippen LogP contribution < -0.4 is 15.9 Å². The number of aromatic amines is 1. The van der Waals surface area contributed by atoms with Crippen molar-refractivity contribution >= 4 is 51.0 Å². The van der Waals surface area contributed by atoms with Crippen molar-refractivity contribution in [3.8, 4) is 5.88 Å². The first kappa shape index (κ1) is 39.4. The highest BCUT2D eigenvalue weighted by molar-refractivity contribution is 5.91. The number of hydrogen-bond acceptors (Lipinski definition) is 10. The van der Waals surface area contributed by atoms with Crippen LogP contribution in [0.4, 0.5) is 14.4 Å². The third-order valence-electron chi connectivity index (χ3n) is 7.14. The lowest BCUT2D eigenvalue weighted by Gasteiger charge is -2.09. The Balaban J connectivity index is 0.000000181. The van der Waals surface area contributed by atoms with Crippen LogP contribution >= 0.6 is 0 Å². The number of hydrogen-bond donors (Lipinski definition) is 1. The number of para-hydroxylation sites is 3. The van der Waals surface area contributed by atoms with E-state index in [0.717, 1.165) is 10.1 Å². The maximum absolute atomic E-state index is 12.2. The Morgan fingerprint density at radius 1 is 0.611 bits per heavy atom. The molecule has 1 N–H and O–H groups in total. The van der Waals surface area contributed by atoms with Crippen molar-refractivity contribution in [2.75, 3.05) is 26.4 Å². The predicted octanol–water partition coefficient (Wildman–Crippen LogP) is 6.43. The van der Waals surface area contributed by atoms with Gasteiger partial charge in [-0.1, -0.05) is 93.1 Å². The standard InChI is InChI=1S/2C14H14N2O3.C11H10N2O3/c1-3-9-18-13-11-7-5-6-8-12(11)16(15-13)14(17)19-10-4-2;1-3-9-15-13(17)11-7-5-6-8-12(11)16(15)14(18)19-10-4-2;1-2-7-16-11(15)13-9-6-4-3-5-8(9)10(14)12-13/h2*3-8H,1-2,9-10H2;2-6H,1,7H2,(H,12,14). The summed E-state index contributed by atoms with van der Waals surface area (Å²) in [6, 6.07) is 21.0. The third kappa shape index (κ3) is 9.08. The topological polar surface area (TPSA) is 171 Å². The molecule has 3 heterocycles. The van der Waals surface area contributed by atoms with Gasteiger partial charge < -0.3 is 18.9 Å². The number of benzene rings is 3. The van der Waals surface area contributed by atoms with Crippen LogP contribution in [0.2, 0.25) is 0 Å². The number of aromatic nitrogens is 6. The second-order valence-corrected chi connectivity index (χ2v) is 10.7. The highest BCUT2D eigenvalue weighted by atomic mass is 16.6. The van der Waals surface area contributed by atoms with Crippen LogP contribution in [-0.4, -0.2) is 73.6 Å². The zero-order chi connectivity index (χ0) is 39.0. The number of allylic oxidation sites excluding steroid dienone is 1. The fraction of sp³-hybridized carbons (Fsp3) is 0.128. The van der Waals surface area contributed by atoms with Gasteiger partial charge in [-0.15, -0.1) is 11.7 Å². The van der Waals surface area contributed by atoms with Crippen molar-refractivity contribution in [2.24, 2.45) is 0 Å². The highest BCUT2D eigenvalue weighted by Crippen LogP contribution is 2.25. The Bertz CT molecular complexity index is 2440. The van der Waals surface area contributed by atoms with Gasteiger partial charge in [0.2, 0.25) is 5.88 Å². The van der Waals surface area contributed by atoms with Crippen LogP contribution in [-0.2, 0) is 20.8 Å². The van der Waals surface area contributed by atoms with Crippen molar-refractivity contribution in [1.82, 2.24) is 28.9 Å². The normalized spacial score (nSPS) is 10.2. The van der Waals surface area contributed by atoms with E-state index >= 15 is 0 Å². The van der Waals surface area contributed by atoms with Gasteiger partial charge in [0.15, 0.2) is 0 Å². The summed E-state index contributed by atoms with van der Waals surface area (Å²) in [6.07, 6.45) is 5.80. The van der Waals surface area contributed by atoms with Gasteiger partial charge in [-0.25, -0.2) is 19.1 Å². The van der Waals surface area contributed by atoms with Crippen LogP contribution in [0.1, 0.15) is 0 Å². The summed E-state index contributed by atoms with van der Waals surface area (Å²) in [5.41, 5.74) is 1.10. The molecule has 0 amide bonds. The Morgan fingerprint density at radius 2 is 1.13 bits per heavy atom. The molecule has 278 valence electrons. The Morgan fingerprint density at radius 3 is 1.74 bits per heavy atom. The van der Waals surface area contributed by atoms with Gasteiger partial charge in [-0.05, 0) is 36.4 Å². The molecular formula is C39H38N6O9. The number of H-pyrrole nitrogens is 1. The van der Waals surface area contributed by atoms with Crippen LogP contribution in [0.25, 0.3) is 32.7 Å². The molecule has 0 aliphatic heterocycles. The average molecular weight is 735 g/mol. The SMILES string of the molecule is C=CCOC(=O)n1[nH]c(=O)c2ccccc21.C=CCOC(=O)n1c2ccccc2c(=O)n1CC=C.C=CCOC(=O)n1nc(OCC=C)c2ccccc21. The molecule has 0 radical (unpaired) electrons. The molecule has 0 atom stereocenters. The first-order valence-electron chi connectivity index (χ1n) is 16.3. The number of nitrogens with zero attached hydrogens (tertiary/aromatic N) is 5. The van der Waals surface area contributed by atoms with Crippen molar-refractivity contribution in [1.29, 1.82) is 0 Å². The average Bonchev–Trinajstić information content (AvgIpc) is 3.84. The molecule has 0 aliphatic rings. The van der Waals surface area contributed by atoms with Crippen LogP contribution in [0, 0.1) is 0 Å². The van der Waals surface area contributed by atoms with Gasteiger partial charge in [0.1, 0.15) is 26.4 Å². The highest BCUT2D eigenvalue weighted by Gasteiger charge is 2.19. The Kier molecular flexibility index (Phi) is 14.0. The fourth-order valence-electron chi connectivity index (χ4n) is 4.91.